The fourth-order valence-corrected chi connectivity index (χ4v) is 12.1. The molecule has 9 atom stereocenters. The minimum atomic E-state index is -0.0909. The van der Waals surface area contributed by atoms with Crippen LogP contribution >= 0.6 is 22.6 Å². The number of hydrogen-bond acceptors (Lipinski definition) is 2. The van der Waals surface area contributed by atoms with Crippen molar-refractivity contribution >= 4 is 28.6 Å². The zero-order valence-corrected chi connectivity index (χ0v) is 23.0. The van der Waals surface area contributed by atoms with Crippen molar-refractivity contribution in [3.8, 4) is 0 Å². The minimum Gasteiger partial charge on any atom is -0.462 e. The fraction of sp³-hybridized carbons (Fsp3) is 0.964. The van der Waals surface area contributed by atoms with E-state index in [0.29, 0.717) is 21.7 Å². The summed E-state index contributed by atoms with van der Waals surface area (Å²) in [7, 11) is 0. The first-order valence-corrected chi connectivity index (χ1v) is 14.7. The van der Waals surface area contributed by atoms with Crippen LogP contribution in [0.3, 0.4) is 0 Å². The SMILES string of the molecule is CC(=O)O[C@H]1CC[C@]23C[C@]24CC[C@]2(C)[C@@H]([C@H](C)CCI)CC[C@@]2(C)C4CCC3C1(C)C. The highest BCUT2D eigenvalue weighted by Crippen LogP contribution is 2.89. The van der Waals surface area contributed by atoms with Gasteiger partial charge in [0.2, 0.25) is 0 Å². The predicted octanol–water partition coefficient (Wildman–Crippen LogP) is 7.82. The number of hydrogen-bond donors (Lipinski definition) is 0. The molecule has 0 aliphatic heterocycles. The van der Waals surface area contributed by atoms with Gasteiger partial charge < -0.3 is 4.74 Å². The second-order valence-corrected chi connectivity index (χ2v) is 14.6. The molecule has 0 radical (unpaired) electrons. The molecule has 0 bridgehead atoms. The summed E-state index contributed by atoms with van der Waals surface area (Å²) in [5.41, 5.74) is 2.33. The average molecular weight is 541 g/mol. The van der Waals surface area contributed by atoms with Gasteiger partial charge in [-0.15, -0.1) is 0 Å². The van der Waals surface area contributed by atoms with Gasteiger partial charge >= 0.3 is 5.97 Å². The van der Waals surface area contributed by atoms with Crippen LogP contribution in [0.1, 0.15) is 106 Å². The highest BCUT2D eigenvalue weighted by Gasteiger charge is 2.82. The van der Waals surface area contributed by atoms with Crippen LogP contribution in [-0.2, 0) is 9.53 Å². The van der Waals surface area contributed by atoms with Crippen molar-refractivity contribution in [1.82, 2.24) is 0 Å². The van der Waals surface area contributed by atoms with Gasteiger partial charge in [-0.05, 0) is 114 Å². The maximum Gasteiger partial charge on any atom is 0.302 e. The van der Waals surface area contributed by atoms with E-state index < -0.39 is 0 Å². The zero-order valence-electron chi connectivity index (χ0n) is 20.9. The van der Waals surface area contributed by atoms with Crippen molar-refractivity contribution in [3.63, 3.8) is 0 Å². The van der Waals surface area contributed by atoms with E-state index >= 15 is 0 Å². The van der Waals surface area contributed by atoms with Gasteiger partial charge in [0.1, 0.15) is 6.10 Å². The van der Waals surface area contributed by atoms with E-state index in [1.54, 1.807) is 6.92 Å². The van der Waals surface area contributed by atoms with Crippen LogP contribution in [0.5, 0.6) is 0 Å². The number of carbonyl (C=O) groups is 1. The van der Waals surface area contributed by atoms with Gasteiger partial charge in [0.25, 0.3) is 0 Å². The molecule has 5 fully saturated rings. The van der Waals surface area contributed by atoms with Gasteiger partial charge in [0.05, 0.1) is 0 Å². The van der Waals surface area contributed by atoms with Crippen molar-refractivity contribution in [2.24, 2.45) is 50.7 Å². The molecule has 0 heterocycles. The summed E-state index contributed by atoms with van der Waals surface area (Å²) >= 11 is 2.58. The second-order valence-electron chi connectivity index (χ2n) is 13.6. The number of rotatable bonds is 4. The predicted molar refractivity (Wildman–Crippen MR) is 135 cm³/mol. The number of carbonyl (C=O) groups excluding carboxylic acids is 1. The van der Waals surface area contributed by atoms with Crippen LogP contribution in [0.2, 0.25) is 0 Å². The van der Waals surface area contributed by atoms with Crippen molar-refractivity contribution in [2.75, 3.05) is 4.43 Å². The Bertz CT molecular complexity index is 762. The largest absolute Gasteiger partial charge is 0.462 e. The first kappa shape index (κ1) is 23.0. The lowest BCUT2D eigenvalue weighted by molar-refractivity contribution is -0.181. The van der Waals surface area contributed by atoms with Crippen molar-refractivity contribution < 1.29 is 9.53 Å². The van der Waals surface area contributed by atoms with Crippen LogP contribution in [-0.4, -0.2) is 16.5 Å². The lowest BCUT2D eigenvalue weighted by Crippen LogP contribution is -2.58. The molecule has 0 amide bonds. The molecule has 0 saturated heterocycles. The second kappa shape index (κ2) is 7.11. The van der Waals surface area contributed by atoms with E-state index in [2.05, 4.69) is 57.2 Å². The topological polar surface area (TPSA) is 26.3 Å². The van der Waals surface area contributed by atoms with Crippen LogP contribution in [0, 0.1) is 50.7 Å². The van der Waals surface area contributed by atoms with E-state index in [0.717, 1.165) is 30.1 Å². The summed E-state index contributed by atoms with van der Waals surface area (Å²) in [5, 5.41) is 0. The molecule has 5 aliphatic carbocycles. The van der Waals surface area contributed by atoms with Gasteiger partial charge in [-0.1, -0.05) is 57.2 Å². The van der Waals surface area contributed by atoms with E-state index in [4.69, 9.17) is 4.74 Å². The van der Waals surface area contributed by atoms with Gasteiger partial charge in [-0.2, -0.15) is 0 Å². The maximum absolute atomic E-state index is 11.8. The monoisotopic (exact) mass is 540 g/mol. The summed E-state index contributed by atoms with van der Waals surface area (Å²) in [6, 6.07) is 0. The number of halogens is 1. The molecule has 0 aromatic rings. The summed E-state index contributed by atoms with van der Waals surface area (Å²) in [4.78, 5) is 11.8. The quantitative estimate of drug-likeness (QED) is 0.207. The number of ether oxygens (including phenoxy) is 1. The molecule has 5 rings (SSSR count). The van der Waals surface area contributed by atoms with Crippen molar-refractivity contribution in [2.45, 2.75) is 112 Å². The Hall–Kier alpha value is 0.200. The first-order chi connectivity index (χ1) is 14.5. The minimum absolute atomic E-state index is 0.0909. The molecule has 2 unspecified atom stereocenters. The van der Waals surface area contributed by atoms with Crippen LogP contribution in [0.15, 0.2) is 0 Å². The molecular weight excluding hydrogens is 495 g/mol. The molecule has 31 heavy (non-hydrogen) atoms. The molecule has 176 valence electrons. The highest BCUT2D eigenvalue weighted by atomic mass is 127. The van der Waals surface area contributed by atoms with E-state index in [-0.39, 0.29) is 17.5 Å². The molecule has 0 aromatic heterocycles. The number of alkyl halides is 1. The van der Waals surface area contributed by atoms with Crippen molar-refractivity contribution in [3.05, 3.63) is 0 Å². The third-order valence-corrected chi connectivity index (χ3v) is 13.3. The average Bonchev–Trinajstić information content (AvgIpc) is 3.27. The Morgan fingerprint density at radius 2 is 1.61 bits per heavy atom. The van der Waals surface area contributed by atoms with Crippen LogP contribution in [0.25, 0.3) is 0 Å². The van der Waals surface area contributed by atoms with Gasteiger partial charge in [-0.25, -0.2) is 0 Å². The summed E-state index contributed by atoms with van der Waals surface area (Å²) in [6.07, 6.45) is 14.0. The lowest BCUT2D eigenvalue weighted by Gasteiger charge is -2.63. The van der Waals surface area contributed by atoms with E-state index in [1.165, 1.54) is 62.2 Å². The van der Waals surface area contributed by atoms with Gasteiger partial charge in [0.15, 0.2) is 0 Å². The van der Waals surface area contributed by atoms with E-state index in [1.807, 2.05) is 0 Å². The van der Waals surface area contributed by atoms with Gasteiger partial charge in [0, 0.05) is 12.3 Å². The molecule has 5 aliphatic rings. The molecule has 2 spiro atoms. The Morgan fingerprint density at radius 1 is 0.935 bits per heavy atom. The molecule has 0 N–H and O–H groups in total. The Balaban J connectivity index is 1.45. The molecular formula is C28H45IO2. The summed E-state index contributed by atoms with van der Waals surface area (Å²) < 4.78 is 7.19. The smallest absolute Gasteiger partial charge is 0.302 e. The highest BCUT2D eigenvalue weighted by molar-refractivity contribution is 14.1. The van der Waals surface area contributed by atoms with Crippen LogP contribution in [0.4, 0.5) is 0 Å². The number of esters is 1. The molecule has 2 nitrogen and oxygen atoms in total. The molecule has 5 saturated carbocycles. The first-order valence-electron chi connectivity index (χ1n) is 13.2. The maximum atomic E-state index is 11.8. The number of fused-ring (bicyclic) bond motifs is 2. The third-order valence-electron chi connectivity index (χ3n) is 12.7. The Labute approximate surface area is 204 Å². The standard InChI is InChI=1S/C28H45IO2/c1-18(11-16-29)20-9-12-26(6)22-8-7-21-24(3,4)23(31-19(2)30)10-13-27(21)17-28(22,27)15-14-25(20,26)5/h18,20-23H,7-17H2,1-6H3/t18-,20-,21?,22?,23+,25-,26+,27-,28+/m1/s1. The van der Waals surface area contributed by atoms with Crippen molar-refractivity contribution in [1.29, 1.82) is 0 Å². The fourth-order valence-electron chi connectivity index (χ4n) is 11.1. The molecule has 3 heteroatoms. The van der Waals surface area contributed by atoms with Crippen LogP contribution < -0.4 is 0 Å². The normalized spacial score (nSPS) is 52.9. The third kappa shape index (κ3) is 2.76. The van der Waals surface area contributed by atoms with Gasteiger partial charge in [-0.3, -0.25) is 4.79 Å². The Morgan fingerprint density at radius 3 is 2.29 bits per heavy atom. The molecule has 0 aromatic carbocycles. The summed E-state index contributed by atoms with van der Waals surface area (Å²) in [5.74, 6) is 3.37. The Kier molecular flexibility index (Phi) is 5.26. The summed E-state index contributed by atoms with van der Waals surface area (Å²) in [6.45, 7) is 14.4. The van der Waals surface area contributed by atoms with E-state index in [9.17, 15) is 4.79 Å². The zero-order chi connectivity index (χ0) is 22.4. The lowest BCUT2D eigenvalue weighted by atomic mass is 9.41.